The van der Waals surface area contributed by atoms with Crippen LogP contribution in [0.5, 0.6) is 5.75 Å². The Kier molecular flexibility index (Phi) is 4.90. The number of carbonyl (C=O) groups excluding carboxylic acids is 1. The fraction of sp³-hybridized carbons (Fsp3) is 0.533. The molecule has 1 amide bonds. The van der Waals surface area contributed by atoms with E-state index in [9.17, 15) is 15.0 Å². The molecule has 1 aromatic carbocycles. The number of benzene rings is 1. The summed E-state index contributed by atoms with van der Waals surface area (Å²) in [6, 6.07) is 4.82. The minimum Gasteiger partial charge on any atom is -0.507 e. The van der Waals surface area contributed by atoms with Gasteiger partial charge >= 0.3 is 0 Å². The van der Waals surface area contributed by atoms with Gasteiger partial charge in [0.25, 0.3) is 5.91 Å². The molecule has 0 aromatic heterocycles. The molecule has 1 aromatic rings. The second-order valence-electron chi connectivity index (χ2n) is 5.76. The summed E-state index contributed by atoms with van der Waals surface area (Å²) < 4.78 is 0.707. The highest BCUT2D eigenvalue weighted by Crippen LogP contribution is 2.31. The highest BCUT2D eigenvalue weighted by Gasteiger charge is 2.32. The molecular weight excluding hydrogens is 369 g/mol. The Morgan fingerprint density at radius 3 is 2.70 bits per heavy atom. The van der Waals surface area contributed by atoms with E-state index in [2.05, 4.69) is 12.2 Å². The van der Waals surface area contributed by atoms with Crippen molar-refractivity contribution in [2.75, 3.05) is 6.54 Å². The molecule has 0 aliphatic heterocycles. The van der Waals surface area contributed by atoms with Gasteiger partial charge in [-0.15, -0.1) is 0 Å². The monoisotopic (exact) mass is 389 g/mol. The van der Waals surface area contributed by atoms with E-state index >= 15 is 0 Å². The standard InChI is InChI=1S/C15H20INO3/c1-10-4-6-15(20,7-5-10)9-17-14(19)11-2-3-12(16)13(18)8-11/h2-3,8,10,18,20H,4-7,9H2,1H3,(H,17,19). The summed E-state index contributed by atoms with van der Waals surface area (Å²) in [5.74, 6) is 0.492. The number of carbonyl (C=O) groups is 1. The fourth-order valence-corrected chi connectivity index (χ4v) is 2.81. The number of hydrogen-bond donors (Lipinski definition) is 3. The summed E-state index contributed by atoms with van der Waals surface area (Å²) in [7, 11) is 0. The normalized spacial score (nSPS) is 26.2. The van der Waals surface area contributed by atoms with Crippen molar-refractivity contribution in [1.82, 2.24) is 5.32 Å². The summed E-state index contributed by atoms with van der Waals surface area (Å²) in [6.45, 7) is 2.46. The number of rotatable bonds is 3. The molecule has 0 bridgehead atoms. The van der Waals surface area contributed by atoms with E-state index in [1.54, 1.807) is 12.1 Å². The van der Waals surface area contributed by atoms with Crippen LogP contribution in [0.1, 0.15) is 43.0 Å². The number of phenols is 1. The van der Waals surface area contributed by atoms with Gasteiger partial charge in [-0.3, -0.25) is 4.79 Å². The van der Waals surface area contributed by atoms with E-state index in [4.69, 9.17) is 0 Å². The zero-order chi connectivity index (χ0) is 14.8. The lowest BCUT2D eigenvalue weighted by molar-refractivity contribution is -0.00539. The van der Waals surface area contributed by atoms with Crippen LogP contribution in [0.3, 0.4) is 0 Å². The molecular formula is C15H20INO3. The first-order chi connectivity index (χ1) is 9.39. The lowest BCUT2D eigenvalue weighted by Gasteiger charge is -2.34. The van der Waals surface area contributed by atoms with Gasteiger partial charge in [0.15, 0.2) is 0 Å². The van der Waals surface area contributed by atoms with Crippen molar-refractivity contribution in [3.8, 4) is 5.75 Å². The van der Waals surface area contributed by atoms with Crippen LogP contribution in [0.25, 0.3) is 0 Å². The number of hydrogen-bond acceptors (Lipinski definition) is 3. The molecule has 0 atom stereocenters. The highest BCUT2D eigenvalue weighted by molar-refractivity contribution is 14.1. The Balaban J connectivity index is 1.93. The maximum absolute atomic E-state index is 12.0. The molecule has 0 saturated heterocycles. The van der Waals surface area contributed by atoms with Crippen LogP contribution in [-0.4, -0.2) is 28.3 Å². The van der Waals surface area contributed by atoms with Gasteiger partial charge in [-0.05, 0) is 72.4 Å². The van der Waals surface area contributed by atoms with E-state index < -0.39 is 5.60 Å². The first-order valence-electron chi connectivity index (χ1n) is 6.89. The van der Waals surface area contributed by atoms with Gasteiger partial charge in [0.1, 0.15) is 5.75 Å². The predicted octanol–water partition coefficient (Wildman–Crippen LogP) is 2.67. The van der Waals surface area contributed by atoms with E-state index in [0.29, 0.717) is 15.1 Å². The smallest absolute Gasteiger partial charge is 0.251 e. The highest BCUT2D eigenvalue weighted by atomic mass is 127. The first-order valence-corrected chi connectivity index (χ1v) is 7.97. The summed E-state index contributed by atoms with van der Waals surface area (Å²) in [5, 5.41) is 22.8. The number of amides is 1. The second kappa shape index (κ2) is 6.30. The summed E-state index contributed by atoms with van der Waals surface area (Å²) in [5.41, 5.74) is -0.372. The molecule has 2 rings (SSSR count). The molecule has 110 valence electrons. The molecule has 3 N–H and O–H groups in total. The molecule has 0 spiro atoms. The molecule has 1 aliphatic carbocycles. The lowest BCUT2D eigenvalue weighted by atomic mass is 9.79. The zero-order valence-corrected chi connectivity index (χ0v) is 13.7. The van der Waals surface area contributed by atoms with E-state index in [-0.39, 0.29) is 18.2 Å². The quantitative estimate of drug-likeness (QED) is 0.697. The third-order valence-electron chi connectivity index (χ3n) is 3.99. The summed E-state index contributed by atoms with van der Waals surface area (Å²) in [4.78, 5) is 12.0. The maximum atomic E-state index is 12.0. The Hall–Kier alpha value is -0.820. The van der Waals surface area contributed by atoms with Crippen LogP contribution in [0.15, 0.2) is 18.2 Å². The summed E-state index contributed by atoms with van der Waals surface area (Å²) >= 11 is 2.00. The SMILES string of the molecule is CC1CCC(O)(CNC(=O)c2ccc(I)c(O)c2)CC1. The van der Waals surface area contributed by atoms with Crippen molar-refractivity contribution in [3.63, 3.8) is 0 Å². The van der Waals surface area contributed by atoms with Gasteiger partial charge < -0.3 is 15.5 Å². The number of aliphatic hydroxyl groups is 1. The van der Waals surface area contributed by atoms with Gasteiger partial charge in [0, 0.05) is 12.1 Å². The van der Waals surface area contributed by atoms with Gasteiger partial charge in [-0.2, -0.15) is 0 Å². The van der Waals surface area contributed by atoms with Crippen molar-refractivity contribution >= 4 is 28.5 Å². The summed E-state index contributed by atoms with van der Waals surface area (Å²) in [6.07, 6.45) is 3.45. The maximum Gasteiger partial charge on any atom is 0.251 e. The number of halogens is 1. The van der Waals surface area contributed by atoms with Crippen molar-refractivity contribution in [2.24, 2.45) is 5.92 Å². The molecule has 0 unspecified atom stereocenters. The number of phenolic OH excluding ortho intramolecular Hbond substituents is 1. The van der Waals surface area contributed by atoms with Crippen molar-refractivity contribution in [1.29, 1.82) is 0 Å². The molecule has 0 heterocycles. The fourth-order valence-electron chi connectivity index (χ4n) is 2.48. The number of nitrogens with one attached hydrogen (secondary N) is 1. The zero-order valence-electron chi connectivity index (χ0n) is 11.5. The van der Waals surface area contributed by atoms with Crippen LogP contribution in [0.2, 0.25) is 0 Å². The van der Waals surface area contributed by atoms with Gasteiger partial charge in [-0.1, -0.05) is 6.92 Å². The Morgan fingerprint density at radius 2 is 2.10 bits per heavy atom. The van der Waals surface area contributed by atoms with Gasteiger partial charge in [-0.25, -0.2) is 0 Å². The van der Waals surface area contributed by atoms with E-state index in [1.165, 1.54) is 6.07 Å². The molecule has 0 radical (unpaired) electrons. The average molecular weight is 389 g/mol. The Morgan fingerprint density at radius 1 is 1.45 bits per heavy atom. The molecule has 5 heteroatoms. The van der Waals surface area contributed by atoms with Crippen LogP contribution in [-0.2, 0) is 0 Å². The minimum absolute atomic E-state index is 0.100. The van der Waals surface area contributed by atoms with Gasteiger partial charge in [0.2, 0.25) is 0 Å². The Bertz CT molecular complexity index is 496. The van der Waals surface area contributed by atoms with Crippen molar-refractivity contribution in [3.05, 3.63) is 27.3 Å². The van der Waals surface area contributed by atoms with Crippen LogP contribution in [0.4, 0.5) is 0 Å². The topological polar surface area (TPSA) is 69.6 Å². The third kappa shape index (κ3) is 3.85. The molecule has 4 nitrogen and oxygen atoms in total. The first kappa shape index (κ1) is 15.6. The van der Waals surface area contributed by atoms with Gasteiger partial charge in [0.05, 0.1) is 9.17 Å². The Labute approximate surface area is 132 Å². The van der Waals surface area contributed by atoms with Crippen LogP contribution < -0.4 is 5.32 Å². The average Bonchev–Trinajstić information content (AvgIpc) is 2.43. The van der Waals surface area contributed by atoms with Crippen molar-refractivity contribution < 1.29 is 15.0 Å². The lowest BCUT2D eigenvalue weighted by Crippen LogP contribution is -2.45. The van der Waals surface area contributed by atoms with E-state index in [0.717, 1.165) is 25.7 Å². The van der Waals surface area contributed by atoms with Crippen LogP contribution >= 0.6 is 22.6 Å². The van der Waals surface area contributed by atoms with Crippen molar-refractivity contribution in [2.45, 2.75) is 38.2 Å². The predicted molar refractivity (Wildman–Crippen MR) is 85.7 cm³/mol. The molecule has 1 saturated carbocycles. The van der Waals surface area contributed by atoms with E-state index in [1.807, 2.05) is 22.6 Å². The second-order valence-corrected chi connectivity index (χ2v) is 6.92. The molecule has 1 aliphatic rings. The molecule has 20 heavy (non-hydrogen) atoms. The van der Waals surface area contributed by atoms with Crippen LogP contribution in [0, 0.1) is 9.49 Å². The molecule has 1 fully saturated rings. The number of aromatic hydroxyl groups is 1. The third-order valence-corrected chi connectivity index (χ3v) is 4.90. The minimum atomic E-state index is -0.784. The largest absolute Gasteiger partial charge is 0.507 e.